The van der Waals surface area contributed by atoms with E-state index in [-0.39, 0.29) is 35.5 Å². The summed E-state index contributed by atoms with van der Waals surface area (Å²) in [5, 5.41) is 0.269. The Bertz CT molecular complexity index is 1190. The van der Waals surface area contributed by atoms with Gasteiger partial charge in [-0.1, -0.05) is 48.6 Å². The van der Waals surface area contributed by atoms with Gasteiger partial charge in [0.25, 0.3) is 5.91 Å². The molecule has 0 spiro atoms. The molecular weight excluding hydrogens is 605 g/mol. The second kappa shape index (κ2) is 14.1. The molecule has 0 aliphatic carbocycles. The lowest BCUT2D eigenvalue weighted by molar-refractivity contribution is -0.144. The fourth-order valence-corrected chi connectivity index (χ4v) is 5.50. The molecule has 1 saturated heterocycles. The van der Waals surface area contributed by atoms with Crippen molar-refractivity contribution in [3.05, 3.63) is 61.7 Å². The molecule has 11 heteroatoms. The number of amides is 1. The van der Waals surface area contributed by atoms with E-state index in [1.165, 1.54) is 28.8 Å². The van der Waals surface area contributed by atoms with Gasteiger partial charge in [0.2, 0.25) is 0 Å². The highest BCUT2D eigenvalue weighted by atomic mass is 79.9. The van der Waals surface area contributed by atoms with Gasteiger partial charge in [-0.25, -0.2) is 4.39 Å². The van der Waals surface area contributed by atoms with Crippen LogP contribution in [-0.2, 0) is 20.9 Å². The number of thioether (sulfide) groups is 1. The molecule has 1 aliphatic heterocycles. The van der Waals surface area contributed by atoms with Crippen LogP contribution in [0.25, 0.3) is 6.08 Å². The molecule has 1 aliphatic rings. The van der Waals surface area contributed by atoms with Crippen molar-refractivity contribution in [1.29, 1.82) is 0 Å². The molecule has 2 aromatic carbocycles. The quantitative estimate of drug-likeness (QED) is 0.140. The summed E-state index contributed by atoms with van der Waals surface area (Å²) < 4.78 is 31.9. The van der Waals surface area contributed by atoms with Crippen LogP contribution in [0.4, 0.5) is 4.39 Å². The molecule has 0 bridgehead atoms. The van der Waals surface area contributed by atoms with Crippen molar-refractivity contribution in [3.8, 4) is 11.5 Å². The minimum absolute atomic E-state index is 0.0891. The molecule has 0 saturated carbocycles. The number of esters is 1. The van der Waals surface area contributed by atoms with Crippen molar-refractivity contribution < 1.29 is 28.2 Å². The molecule has 1 heterocycles. The number of nitrogens with zero attached hydrogens (tertiary/aromatic N) is 1. The average Bonchev–Trinajstić information content (AvgIpc) is 3.11. The first-order valence-corrected chi connectivity index (χ1v) is 14.1. The van der Waals surface area contributed by atoms with Crippen LogP contribution in [0, 0.1) is 5.82 Å². The van der Waals surface area contributed by atoms with Crippen molar-refractivity contribution in [2.24, 2.45) is 0 Å². The van der Waals surface area contributed by atoms with E-state index in [0.29, 0.717) is 56.9 Å². The molecule has 3 rings (SSSR count). The zero-order chi connectivity index (χ0) is 26.9. The number of carbonyl (C=O) groups is 2. The number of benzene rings is 2. The van der Waals surface area contributed by atoms with Crippen LogP contribution < -0.4 is 9.47 Å². The van der Waals surface area contributed by atoms with Crippen LogP contribution in [0.3, 0.4) is 0 Å². The van der Waals surface area contributed by atoms with E-state index in [0.717, 1.165) is 6.42 Å². The molecule has 6 nitrogen and oxygen atoms in total. The van der Waals surface area contributed by atoms with Crippen LogP contribution in [0.5, 0.6) is 11.5 Å². The first kappa shape index (κ1) is 29.4. The highest BCUT2D eigenvalue weighted by molar-refractivity contribution is 9.10. The Kier molecular flexibility index (Phi) is 11.2. The molecule has 0 unspecified atom stereocenters. The summed E-state index contributed by atoms with van der Waals surface area (Å²) in [5.74, 6) is -0.146. The van der Waals surface area contributed by atoms with E-state index >= 15 is 0 Å². The number of ether oxygens (including phenoxy) is 3. The molecule has 0 N–H and O–H groups in total. The molecule has 2 aromatic rings. The minimum Gasteiger partial charge on any atom is -0.490 e. The maximum atomic E-state index is 14.2. The topological polar surface area (TPSA) is 65.1 Å². The van der Waals surface area contributed by atoms with Crippen molar-refractivity contribution >= 4 is 73.8 Å². The van der Waals surface area contributed by atoms with Crippen LogP contribution >= 0.6 is 51.5 Å². The molecule has 0 aromatic heterocycles. The monoisotopic (exact) mass is 629 g/mol. The third-order valence-corrected chi connectivity index (χ3v) is 7.48. The number of thiocarbonyl (C=S) groups is 1. The fraction of sp³-hybridized carbons (Fsp3) is 0.346. The van der Waals surface area contributed by atoms with E-state index in [1.54, 1.807) is 24.3 Å². The normalized spacial score (nSPS) is 14.4. The van der Waals surface area contributed by atoms with Crippen LogP contribution in [-0.4, -0.2) is 40.9 Å². The summed E-state index contributed by atoms with van der Waals surface area (Å²) in [6, 6.07) is 7.96. The van der Waals surface area contributed by atoms with Crippen molar-refractivity contribution in [2.75, 3.05) is 19.8 Å². The maximum Gasteiger partial charge on any atom is 0.305 e. The van der Waals surface area contributed by atoms with E-state index in [9.17, 15) is 14.0 Å². The molecule has 1 fully saturated rings. The van der Waals surface area contributed by atoms with Gasteiger partial charge in [0.05, 0.1) is 27.6 Å². The Balaban J connectivity index is 1.74. The average molecular weight is 631 g/mol. The van der Waals surface area contributed by atoms with Crippen molar-refractivity contribution in [1.82, 2.24) is 4.90 Å². The van der Waals surface area contributed by atoms with E-state index in [1.807, 2.05) is 13.8 Å². The molecular formula is C26H26BrClFNO5S2. The van der Waals surface area contributed by atoms with Gasteiger partial charge < -0.3 is 14.2 Å². The molecule has 0 radical (unpaired) electrons. The van der Waals surface area contributed by atoms with Gasteiger partial charge in [-0.2, -0.15) is 0 Å². The highest BCUT2D eigenvalue weighted by Gasteiger charge is 2.32. The zero-order valence-corrected chi connectivity index (χ0v) is 24.3. The largest absolute Gasteiger partial charge is 0.490 e. The lowest BCUT2D eigenvalue weighted by Crippen LogP contribution is -2.29. The van der Waals surface area contributed by atoms with Gasteiger partial charge >= 0.3 is 5.97 Å². The van der Waals surface area contributed by atoms with E-state index in [2.05, 4.69) is 15.9 Å². The Hall–Kier alpha value is -2.14. The van der Waals surface area contributed by atoms with Gasteiger partial charge in [-0.05, 0) is 71.6 Å². The third-order valence-electron chi connectivity index (χ3n) is 5.16. The second-order valence-electron chi connectivity index (χ2n) is 7.91. The van der Waals surface area contributed by atoms with Gasteiger partial charge in [0.15, 0.2) is 11.5 Å². The predicted molar refractivity (Wildman–Crippen MR) is 151 cm³/mol. The van der Waals surface area contributed by atoms with Crippen LogP contribution in [0.15, 0.2) is 39.7 Å². The SMILES string of the molecule is CCCOC(=O)CCCN1C(=O)/C(=C\c2cc(Br)c(OCc3c(F)cccc3Cl)c(OCC)c2)SC1=S. The highest BCUT2D eigenvalue weighted by Crippen LogP contribution is 2.40. The van der Waals surface area contributed by atoms with E-state index < -0.39 is 5.82 Å². The smallest absolute Gasteiger partial charge is 0.305 e. The Morgan fingerprint density at radius 2 is 2.05 bits per heavy atom. The Labute approximate surface area is 238 Å². The van der Waals surface area contributed by atoms with Gasteiger partial charge in [0, 0.05) is 18.5 Å². The zero-order valence-electron chi connectivity index (χ0n) is 20.4. The first-order chi connectivity index (χ1) is 17.7. The summed E-state index contributed by atoms with van der Waals surface area (Å²) in [4.78, 5) is 26.6. The maximum absolute atomic E-state index is 14.2. The summed E-state index contributed by atoms with van der Waals surface area (Å²) in [6.45, 7) is 4.77. The first-order valence-electron chi connectivity index (χ1n) is 11.7. The number of hydrogen-bond donors (Lipinski definition) is 0. The van der Waals surface area contributed by atoms with Crippen molar-refractivity contribution in [2.45, 2.75) is 39.7 Å². The predicted octanol–water partition coefficient (Wildman–Crippen LogP) is 7.15. The fourth-order valence-electron chi connectivity index (χ4n) is 3.40. The standard InChI is InChI=1S/C26H26BrClFNO5S2/c1-3-11-34-23(31)9-6-10-30-25(32)22(37-26(30)36)14-16-12-18(27)24(21(13-16)33-4-2)35-15-17-19(28)7-5-8-20(17)29/h5,7-8,12-14H,3-4,6,9-11,15H2,1-2H3/b22-14+. The number of halogens is 3. The molecule has 0 atom stereocenters. The van der Waals surface area contributed by atoms with E-state index in [4.69, 9.17) is 38.0 Å². The number of carbonyl (C=O) groups excluding carboxylic acids is 2. The second-order valence-corrected chi connectivity index (χ2v) is 10.8. The van der Waals surface area contributed by atoms with Crippen LogP contribution in [0.2, 0.25) is 5.02 Å². The summed E-state index contributed by atoms with van der Waals surface area (Å²) in [6.07, 6.45) is 3.17. The summed E-state index contributed by atoms with van der Waals surface area (Å²) in [5.41, 5.74) is 0.931. The minimum atomic E-state index is -0.460. The van der Waals surface area contributed by atoms with Gasteiger partial charge in [-0.15, -0.1) is 0 Å². The Morgan fingerprint density at radius 1 is 1.27 bits per heavy atom. The Morgan fingerprint density at radius 3 is 2.76 bits per heavy atom. The summed E-state index contributed by atoms with van der Waals surface area (Å²) in [7, 11) is 0. The van der Waals surface area contributed by atoms with Crippen molar-refractivity contribution in [3.63, 3.8) is 0 Å². The lowest BCUT2D eigenvalue weighted by Gasteiger charge is -2.16. The van der Waals surface area contributed by atoms with Crippen LogP contribution in [0.1, 0.15) is 44.2 Å². The van der Waals surface area contributed by atoms with Gasteiger partial charge in [-0.3, -0.25) is 14.5 Å². The summed E-state index contributed by atoms with van der Waals surface area (Å²) >= 11 is 16.2. The molecule has 198 valence electrons. The number of hydrogen-bond acceptors (Lipinski definition) is 7. The number of rotatable bonds is 12. The third kappa shape index (κ3) is 7.92. The molecule has 37 heavy (non-hydrogen) atoms. The molecule has 1 amide bonds. The lowest BCUT2D eigenvalue weighted by atomic mass is 10.1. The van der Waals surface area contributed by atoms with Gasteiger partial charge in [0.1, 0.15) is 16.7 Å².